The zero-order chi connectivity index (χ0) is 17.2. The fourth-order valence-corrected chi connectivity index (χ4v) is 3.20. The van der Waals surface area contributed by atoms with E-state index in [2.05, 4.69) is 34.7 Å². The molecule has 2 aromatic carbocycles. The Hall–Kier alpha value is -2.95. The molecular weight excluding hydrogens is 312 g/mol. The maximum absolute atomic E-state index is 12.7. The largest absolute Gasteiger partial charge is 0.343 e. The molecule has 3 unspecified atom stereocenters. The first-order valence-corrected chi connectivity index (χ1v) is 8.56. The number of carbonyl (C=O) groups excluding carboxylic acids is 1. The van der Waals surface area contributed by atoms with Crippen LogP contribution in [0.1, 0.15) is 35.4 Å². The van der Waals surface area contributed by atoms with Gasteiger partial charge in [-0.3, -0.25) is 4.79 Å². The van der Waals surface area contributed by atoms with Crippen LogP contribution >= 0.6 is 0 Å². The summed E-state index contributed by atoms with van der Waals surface area (Å²) in [5.74, 6) is 0.927. The van der Waals surface area contributed by atoms with Crippen molar-refractivity contribution in [1.82, 2.24) is 20.3 Å². The van der Waals surface area contributed by atoms with Gasteiger partial charge in [-0.05, 0) is 36.0 Å². The summed E-state index contributed by atoms with van der Waals surface area (Å²) in [6, 6.07) is 19.8. The number of nitrogens with zero attached hydrogens (tertiary/aromatic N) is 3. The van der Waals surface area contributed by atoms with Crippen molar-refractivity contribution in [2.75, 3.05) is 0 Å². The topological polar surface area (TPSA) is 59.8 Å². The van der Waals surface area contributed by atoms with E-state index >= 15 is 0 Å². The van der Waals surface area contributed by atoms with Crippen LogP contribution in [-0.2, 0) is 0 Å². The summed E-state index contributed by atoms with van der Waals surface area (Å²) in [5.41, 5.74) is 2.35. The molecule has 1 N–H and O–H groups in total. The smallest absolute Gasteiger partial charge is 0.273 e. The van der Waals surface area contributed by atoms with Crippen molar-refractivity contribution in [3.05, 3.63) is 78.1 Å². The molecule has 1 amide bonds. The molecule has 5 nitrogen and oxygen atoms in total. The first-order chi connectivity index (χ1) is 12.2. The quantitative estimate of drug-likeness (QED) is 0.779. The number of hydrogen-bond donors (Lipinski definition) is 1. The van der Waals surface area contributed by atoms with E-state index in [1.165, 1.54) is 0 Å². The fourth-order valence-electron chi connectivity index (χ4n) is 3.20. The van der Waals surface area contributed by atoms with E-state index in [1.54, 1.807) is 10.9 Å². The summed E-state index contributed by atoms with van der Waals surface area (Å²) in [5, 5.41) is 11.3. The minimum absolute atomic E-state index is 0.0191. The number of amides is 1. The highest BCUT2D eigenvalue weighted by molar-refractivity contribution is 5.92. The van der Waals surface area contributed by atoms with Crippen molar-refractivity contribution < 1.29 is 4.79 Å². The SMILES string of the molecule is CC1CC1C(NC(=O)c1cn(-c2ccccc2)nn1)c1ccccc1. The molecule has 25 heavy (non-hydrogen) atoms. The molecular formula is C20H20N4O. The van der Waals surface area contributed by atoms with Crippen LogP contribution in [0.2, 0.25) is 0 Å². The van der Waals surface area contributed by atoms with Gasteiger partial charge in [0.1, 0.15) is 0 Å². The molecule has 0 aliphatic heterocycles. The Bertz CT molecular complexity index is 860. The van der Waals surface area contributed by atoms with E-state index in [0.29, 0.717) is 17.5 Å². The average Bonchev–Trinajstić information content (AvgIpc) is 3.18. The minimum atomic E-state index is -0.185. The monoisotopic (exact) mass is 332 g/mol. The number of aromatic nitrogens is 3. The molecule has 1 aromatic heterocycles. The molecule has 0 spiro atoms. The van der Waals surface area contributed by atoms with Gasteiger partial charge in [0, 0.05) is 0 Å². The van der Waals surface area contributed by atoms with E-state index in [-0.39, 0.29) is 11.9 Å². The fraction of sp³-hybridized carbons (Fsp3) is 0.250. The first kappa shape index (κ1) is 15.6. The van der Waals surface area contributed by atoms with Crippen LogP contribution in [0.5, 0.6) is 0 Å². The second-order valence-electron chi connectivity index (χ2n) is 6.62. The molecule has 1 fully saturated rings. The van der Waals surface area contributed by atoms with Crippen molar-refractivity contribution >= 4 is 5.91 Å². The maximum Gasteiger partial charge on any atom is 0.273 e. The molecule has 3 atom stereocenters. The second-order valence-corrected chi connectivity index (χ2v) is 6.62. The number of rotatable bonds is 5. The van der Waals surface area contributed by atoms with Crippen molar-refractivity contribution in [3.63, 3.8) is 0 Å². The van der Waals surface area contributed by atoms with Crippen molar-refractivity contribution in [2.45, 2.75) is 19.4 Å². The Morgan fingerprint density at radius 1 is 1.12 bits per heavy atom. The normalized spacial score (nSPS) is 20.0. The van der Waals surface area contributed by atoms with E-state index in [4.69, 9.17) is 0 Å². The minimum Gasteiger partial charge on any atom is -0.343 e. The van der Waals surface area contributed by atoms with Gasteiger partial charge < -0.3 is 5.32 Å². The Balaban J connectivity index is 1.53. The Labute approximate surface area is 146 Å². The maximum atomic E-state index is 12.7. The highest BCUT2D eigenvalue weighted by Crippen LogP contribution is 2.46. The summed E-state index contributed by atoms with van der Waals surface area (Å²) < 4.78 is 1.62. The molecule has 0 radical (unpaired) electrons. The van der Waals surface area contributed by atoms with Crippen LogP contribution in [0.3, 0.4) is 0 Å². The Morgan fingerprint density at radius 3 is 2.40 bits per heavy atom. The third-order valence-electron chi connectivity index (χ3n) is 4.79. The molecule has 0 saturated heterocycles. The molecule has 1 heterocycles. The number of hydrogen-bond acceptors (Lipinski definition) is 3. The zero-order valence-corrected chi connectivity index (χ0v) is 14.0. The highest BCUT2D eigenvalue weighted by Gasteiger charge is 2.41. The molecule has 126 valence electrons. The third-order valence-corrected chi connectivity index (χ3v) is 4.79. The van der Waals surface area contributed by atoms with Gasteiger partial charge in [0.05, 0.1) is 17.9 Å². The summed E-state index contributed by atoms with van der Waals surface area (Å²) in [7, 11) is 0. The summed E-state index contributed by atoms with van der Waals surface area (Å²) in [6.07, 6.45) is 2.81. The van der Waals surface area contributed by atoms with Gasteiger partial charge in [-0.2, -0.15) is 0 Å². The van der Waals surface area contributed by atoms with Crippen LogP contribution in [0.25, 0.3) is 5.69 Å². The molecule has 1 aliphatic carbocycles. The summed E-state index contributed by atoms with van der Waals surface area (Å²) in [6.45, 7) is 2.22. The predicted molar refractivity (Wildman–Crippen MR) is 95.3 cm³/mol. The number of carbonyl (C=O) groups is 1. The van der Waals surface area contributed by atoms with Crippen LogP contribution in [0, 0.1) is 11.8 Å². The number of nitrogens with one attached hydrogen (secondary N) is 1. The molecule has 1 saturated carbocycles. The van der Waals surface area contributed by atoms with Gasteiger partial charge in [0.15, 0.2) is 5.69 Å². The highest BCUT2D eigenvalue weighted by atomic mass is 16.2. The zero-order valence-electron chi connectivity index (χ0n) is 14.0. The van der Waals surface area contributed by atoms with Crippen LogP contribution < -0.4 is 5.32 Å². The summed E-state index contributed by atoms with van der Waals surface area (Å²) >= 11 is 0. The van der Waals surface area contributed by atoms with Crippen molar-refractivity contribution in [1.29, 1.82) is 0 Å². The molecule has 1 aliphatic rings. The lowest BCUT2D eigenvalue weighted by molar-refractivity contribution is 0.0925. The van der Waals surface area contributed by atoms with Crippen LogP contribution in [0.15, 0.2) is 66.9 Å². The van der Waals surface area contributed by atoms with Gasteiger partial charge in [-0.1, -0.05) is 60.7 Å². The second kappa shape index (κ2) is 6.51. The standard InChI is InChI=1S/C20H20N4O/c1-14-12-17(14)19(15-8-4-2-5-9-15)21-20(25)18-13-24(23-22-18)16-10-6-3-7-11-16/h2-11,13-14,17,19H,12H2,1H3,(H,21,25). The Morgan fingerprint density at radius 2 is 1.76 bits per heavy atom. The van der Waals surface area contributed by atoms with E-state index < -0.39 is 0 Å². The van der Waals surface area contributed by atoms with Crippen LogP contribution in [-0.4, -0.2) is 20.9 Å². The van der Waals surface area contributed by atoms with Gasteiger partial charge in [-0.15, -0.1) is 5.10 Å². The number of benzene rings is 2. The van der Waals surface area contributed by atoms with Crippen LogP contribution in [0.4, 0.5) is 0 Å². The number of para-hydroxylation sites is 1. The third kappa shape index (κ3) is 3.31. The Kier molecular flexibility index (Phi) is 4.06. The molecule has 3 aromatic rings. The molecule has 5 heteroatoms. The van der Waals surface area contributed by atoms with Gasteiger partial charge in [0.2, 0.25) is 0 Å². The predicted octanol–water partition coefficient (Wildman–Crippen LogP) is 3.39. The van der Waals surface area contributed by atoms with Gasteiger partial charge in [-0.25, -0.2) is 4.68 Å². The van der Waals surface area contributed by atoms with Crippen molar-refractivity contribution in [2.24, 2.45) is 11.8 Å². The van der Waals surface area contributed by atoms with E-state index in [9.17, 15) is 4.79 Å². The molecule has 0 bridgehead atoms. The van der Waals surface area contributed by atoms with Gasteiger partial charge in [0.25, 0.3) is 5.91 Å². The van der Waals surface area contributed by atoms with Gasteiger partial charge >= 0.3 is 0 Å². The van der Waals surface area contributed by atoms with E-state index in [1.807, 2.05) is 48.5 Å². The average molecular weight is 332 g/mol. The lowest BCUT2D eigenvalue weighted by atomic mass is 10.0. The lowest BCUT2D eigenvalue weighted by Crippen LogP contribution is -2.30. The summed E-state index contributed by atoms with van der Waals surface area (Å²) in [4.78, 5) is 12.7. The van der Waals surface area contributed by atoms with E-state index in [0.717, 1.165) is 17.7 Å². The molecule has 4 rings (SSSR count). The first-order valence-electron chi connectivity index (χ1n) is 8.56. The van der Waals surface area contributed by atoms with Crippen molar-refractivity contribution in [3.8, 4) is 5.69 Å². The lowest BCUT2D eigenvalue weighted by Gasteiger charge is -2.18.